The van der Waals surface area contributed by atoms with Crippen LogP contribution in [0.25, 0.3) is 0 Å². The molecule has 1 N–H and O–H groups in total. The van der Waals surface area contributed by atoms with Crippen LogP contribution in [0.15, 0.2) is 65.8 Å². The summed E-state index contributed by atoms with van der Waals surface area (Å²) in [6.45, 7) is 0.437. The van der Waals surface area contributed by atoms with E-state index in [9.17, 15) is 0 Å². The summed E-state index contributed by atoms with van der Waals surface area (Å²) in [4.78, 5) is 0. The molecule has 0 aliphatic heterocycles. The lowest BCUT2D eigenvalue weighted by Gasteiger charge is -2.11. The van der Waals surface area contributed by atoms with Gasteiger partial charge in [-0.1, -0.05) is 65.1 Å². The Morgan fingerprint density at radius 3 is 2.32 bits per heavy atom. The molecular weight excluding hydrogens is 419 g/mol. The van der Waals surface area contributed by atoms with Crippen LogP contribution in [0.1, 0.15) is 11.1 Å². The molecule has 0 saturated heterocycles. The van der Waals surface area contributed by atoms with Crippen LogP contribution in [0.2, 0.25) is 15.1 Å². The van der Waals surface area contributed by atoms with Crippen molar-refractivity contribution in [2.45, 2.75) is 6.61 Å². The Morgan fingerprint density at radius 2 is 1.64 bits per heavy atom. The van der Waals surface area contributed by atoms with Crippen molar-refractivity contribution in [3.8, 4) is 11.5 Å². The van der Waals surface area contributed by atoms with E-state index in [1.54, 1.807) is 25.5 Å². The van der Waals surface area contributed by atoms with Crippen LogP contribution < -0.4 is 14.9 Å². The van der Waals surface area contributed by atoms with Crippen molar-refractivity contribution in [2.24, 2.45) is 5.10 Å². The third kappa shape index (κ3) is 5.32. The van der Waals surface area contributed by atoms with Crippen LogP contribution in [0.4, 0.5) is 5.69 Å². The molecular formula is C21H17Cl3N2O2. The molecule has 0 spiro atoms. The molecule has 144 valence electrons. The van der Waals surface area contributed by atoms with Crippen molar-refractivity contribution in [2.75, 3.05) is 12.5 Å². The van der Waals surface area contributed by atoms with Gasteiger partial charge in [0.25, 0.3) is 0 Å². The number of rotatable bonds is 7. The van der Waals surface area contributed by atoms with E-state index in [1.807, 2.05) is 48.5 Å². The van der Waals surface area contributed by atoms with Gasteiger partial charge in [-0.3, -0.25) is 5.43 Å². The minimum Gasteiger partial charge on any atom is -0.493 e. The molecule has 0 radical (unpaired) electrons. The quantitative estimate of drug-likeness (QED) is 0.332. The van der Waals surface area contributed by atoms with E-state index in [-0.39, 0.29) is 0 Å². The number of nitrogens with zero attached hydrogens (tertiary/aromatic N) is 1. The third-order valence-electron chi connectivity index (χ3n) is 3.82. The van der Waals surface area contributed by atoms with Crippen molar-refractivity contribution < 1.29 is 9.47 Å². The Labute approximate surface area is 178 Å². The Morgan fingerprint density at radius 1 is 0.929 bits per heavy atom. The maximum atomic E-state index is 6.14. The maximum Gasteiger partial charge on any atom is 0.162 e. The molecule has 4 nitrogen and oxygen atoms in total. The Kier molecular flexibility index (Phi) is 7.04. The summed E-state index contributed by atoms with van der Waals surface area (Å²) in [6.07, 6.45) is 1.64. The molecule has 0 aromatic heterocycles. The summed E-state index contributed by atoms with van der Waals surface area (Å²) in [6, 6.07) is 18.6. The van der Waals surface area contributed by atoms with Crippen molar-refractivity contribution >= 4 is 46.7 Å². The molecule has 0 aliphatic rings. The van der Waals surface area contributed by atoms with Gasteiger partial charge in [0.15, 0.2) is 11.5 Å². The van der Waals surface area contributed by atoms with Crippen LogP contribution in [-0.2, 0) is 6.61 Å². The molecule has 0 fully saturated rings. The standard InChI is InChI=1S/C21H17Cl3N2O2/c1-27-19-8-7-15(9-20(19)28-13-14-5-3-2-4-6-14)12-25-26-21-17(23)10-16(22)11-18(21)24/h2-12,26H,13H2,1H3/b25-12+. The molecule has 0 amide bonds. The van der Waals surface area contributed by atoms with E-state index in [1.165, 1.54) is 0 Å². The number of anilines is 1. The fraction of sp³-hybridized carbons (Fsp3) is 0.0952. The molecule has 0 atom stereocenters. The number of hydrogen-bond donors (Lipinski definition) is 1. The summed E-state index contributed by atoms with van der Waals surface area (Å²) in [5, 5.41) is 5.42. The normalized spacial score (nSPS) is 10.9. The van der Waals surface area contributed by atoms with E-state index in [0.717, 1.165) is 11.1 Å². The summed E-state index contributed by atoms with van der Waals surface area (Å²) in [7, 11) is 1.60. The van der Waals surface area contributed by atoms with Gasteiger partial charge in [0.05, 0.1) is 29.1 Å². The number of benzene rings is 3. The van der Waals surface area contributed by atoms with Crippen LogP contribution in [-0.4, -0.2) is 13.3 Å². The highest BCUT2D eigenvalue weighted by molar-refractivity contribution is 6.41. The molecule has 28 heavy (non-hydrogen) atoms. The van der Waals surface area contributed by atoms with E-state index in [2.05, 4.69) is 10.5 Å². The lowest BCUT2D eigenvalue weighted by molar-refractivity contribution is 0.284. The highest BCUT2D eigenvalue weighted by atomic mass is 35.5. The molecule has 0 aliphatic carbocycles. The number of hydrazone groups is 1. The first-order valence-electron chi connectivity index (χ1n) is 8.35. The highest BCUT2D eigenvalue weighted by Crippen LogP contribution is 2.33. The third-order valence-corrected chi connectivity index (χ3v) is 4.64. The van der Waals surface area contributed by atoms with E-state index < -0.39 is 0 Å². The minimum absolute atomic E-state index is 0.385. The van der Waals surface area contributed by atoms with Gasteiger partial charge >= 0.3 is 0 Å². The molecule has 3 aromatic rings. The zero-order chi connectivity index (χ0) is 19.9. The zero-order valence-corrected chi connectivity index (χ0v) is 17.2. The van der Waals surface area contributed by atoms with Gasteiger partial charge in [-0.2, -0.15) is 5.10 Å². The fourth-order valence-electron chi connectivity index (χ4n) is 2.44. The predicted molar refractivity (Wildman–Crippen MR) is 116 cm³/mol. The van der Waals surface area contributed by atoms with E-state index in [0.29, 0.717) is 38.9 Å². The monoisotopic (exact) mass is 434 g/mol. The van der Waals surface area contributed by atoms with E-state index in [4.69, 9.17) is 44.3 Å². The van der Waals surface area contributed by atoms with Crippen molar-refractivity contribution in [3.05, 3.63) is 86.9 Å². The number of methoxy groups -OCH3 is 1. The molecule has 7 heteroatoms. The summed E-state index contributed by atoms with van der Waals surface area (Å²) in [5.41, 5.74) is 5.21. The number of hydrogen-bond acceptors (Lipinski definition) is 4. The first-order valence-corrected chi connectivity index (χ1v) is 9.48. The van der Waals surface area contributed by atoms with Gasteiger partial charge in [0.1, 0.15) is 6.61 Å². The lowest BCUT2D eigenvalue weighted by atomic mass is 10.2. The minimum atomic E-state index is 0.385. The molecule has 0 bridgehead atoms. The summed E-state index contributed by atoms with van der Waals surface area (Å²) >= 11 is 18.2. The first-order chi connectivity index (χ1) is 13.6. The van der Waals surface area contributed by atoms with Crippen molar-refractivity contribution in [1.82, 2.24) is 0 Å². The van der Waals surface area contributed by atoms with Crippen LogP contribution in [0.5, 0.6) is 11.5 Å². The van der Waals surface area contributed by atoms with Gasteiger partial charge in [0.2, 0.25) is 0 Å². The fourth-order valence-corrected chi connectivity index (χ4v) is 3.34. The number of nitrogens with one attached hydrogen (secondary N) is 1. The second-order valence-electron chi connectivity index (χ2n) is 5.80. The highest BCUT2D eigenvalue weighted by Gasteiger charge is 2.08. The van der Waals surface area contributed by atoms with Crippen LogP contribution >= 0.6 is 34.8 Å². The Bertz CT molecular complexity index is 956. The molecule has 0 saturated carbocycles. The van der Waals surface area contributed by atoms with Crippen LogP contribution in [0.3, 0.4) is 0 Å². The molecule has 0 unspecified atom stereocenters. The maximum absolute atomic E-state index is 6.14. The van der Waals surface area contributed by atoms with Gasteiger partial charge in [0, 0.05) is 5.02 Å². The first kappa shape index (κ1) is 20.3. The zero-order valence-electron chi connectivity index (χ0n) is 15.0. The van der Waals surface area contributed by atoms with Crippen molar-refractivity contribution in [1.29, 1.82) is 0 Å². The summed E-state index contributed by atoms with van der Waals surface area (Å²) < 4.78 is 11.3. The topological polar surface area (TPSA) is 42.8 Å². The Hall–Kier alpha value is -2.40. The second kappa shape index (κ2) is 9.69. The smallest absolute Gasteiger partial charge is 0.162 e. The largest absolute Gasteiger partial charge is 0.493 e. The summed E-state index contributed by atoms with van der Waals surface area (Å²) in [5.74, 6) is 1.27. The molecule has 3 aromatic carbocycles. The SMILES string of the molecule is COc1ccc(/C=N/Nc2c(Cl)cc(Cl)cc2Cl)cc1OCc1ccccc1. The van der Waals surface area contributed by atoms with Gasteiger partial charge < -0.3 is 9.47 Å². The predicted octanol–water partition coefficient (Wildman–Crippen LogP) is 6.68. The molecule has 0 heterocycles. The van der Waals surface area contributed by atoms with Crippen molar-refractivity contribution in [3.63, 3.8) is 0 Å². The van der Waals surface area contributed by atoms with Gasteiger partial charge in [-0.05, 0) is 41.5 Å². The van der Waals surface area contributed by atoms with Gasteiger partial charge in [-0.25, -0.2) is 0 Å². The van der Waals surface area contributed by atoms with Crippen LogP contribution in [0, 0.1) is 0 Å². The van der Waals surface area contributed by atoms with E-state index >= 15 is 0 Å². The lowest BCUT2D eigenvalue weighted by Crippen LogP contribution is -1.99. The number of ether oxygens (including phenoxy) is 2. The Balaban J connectivity index is 1.73. The van der Waals surface area contributed by atoms with Gasteiger partial charge in [-0.15, -0.1) is 0 Å². The molecule has 3 rings (SSSR count). The average molecular weight is 436 g/mol. The second-order valence-corrected chi connectivity index (χ2v) is 7.05. The number of halogens is 3. The average Bonchev–Trinajstić information content (AvgIpc) is 2.69.